The van der Waals surface area contributed by atoms with Crippen LogP contribution in [-0.4, -0.2) is 24.6 Å². The van der Waals surface area contributed by atoms with Gasteiger partial charge in [0, 0.05) is 38.8 Å². The predicted octanol–water partition coefficient (Wildman–Crippen LogP) is 10.7. The van der Waals surface area contributed by atoms with Crippen LogP contribution in [0.1, 0.15) is 0 Å². The molecule has 5 heteroatoms. The van der Waals surface area contributed by atoms with Gasteiger partial charge < -0.3 is 0 Å². The Morgan fingerprint density at radius 3 is 1.35 bits per heavy atom. The van der Waals surface area contributed by atoms with Gasteiger partial charge >= 0.3 is 0 Å². The zero-order chi connectivity index (χ0) is 32.6. The second-order valence-electron chi connectivity index (χ2n) is 12.0. The molecule has 9 rings (SSSR count). The second kappa shape index (κ2) is 12.1. The molecule has 3 heterocycles. The normalized spacial score (nSPS) is 11.3. The molecule has 0 spiro atoms. The maximum absolute atomic E-state index is 5.34. The van der Waals surface area contributed by atoms with Gasteiger partial charge in [0.2, 0.25) is 0 Å². The van der Waals surface area contributed by atoms with Crippen LogP contribution in [0.4, 0.5) is 0 Å². The first-order valence-electron chi connectivity index (χ1n) is 16.3. The number of hydrogen-bond acceptors (Lipinski definition) is 4. The van der Waals surface area contributed by atoms with E-state index in [-0.39, 0.29) is 0 Å². The van der Waals surface area contributed by atoms with Crippen molar-refractivity contribution in [2.24, 2.45) is 0 Å². The van der Waals surface area contributed by atoms with Gasteiger partial charge in [-0.2, -0.15) is 5.10 Å². The van der Waals surface area contributed by atoms with E-state index in [1.54, 1.807) is 0 Å². The highest BCUT2D eigenvalue weighted by Crippen LogP contribution is 2.41. The molecule has 9 aromatic rings. The molecule has 3 aromatic heterocycles. The van der Waals surface area contributed by atoms with E-state index in [4.69, 9.17) is 20.1 Å². The van der Waals surface area contributed by atoms with E-state index in [2.05, 4.69) is 108 Å². The highest BCUT2D eigenvalue weighted by Gasteiger charge is 2.22. The summed E-state index contributed by atoms with van der Waals surface area (Å²) in [7, 11) is 0. The Bertz CT molecular complexity index is 2510. The van der Waals surface area contributed by atoms with Crippen molar-refractivity contribution < 1.29 is 0 Å². The number of pyridine rings is 1. The van der Waals surface area contributed by atoms with Gasteiger partial charge in [-0.05, 0) is 23.1 Å². The summed E-state index contributed by atoms with van der Waals surface area (Å²) in [5, 5.41) is 7.51. The molecular formula is C44H29N5. The van der Waals surface area contributed by atoms with Gasteiger partial charge in [0.05, 0.1) is 11.2 Å². The number of fused-ring (bicyclic) bond motifs is 3. The Morgan fingerprint density at radius 2 is 0.816 bits per heavy atom. The van der Waals surface area contributed by atoms with Gasteiger partial charge in [0.15, 0.2) is 17.5 Å². The summed E-state index contributed by atoms with van der Waals surface area (Å²) >= 11 is 0. The highest BCUT2D eigenvalue weighted by atomic mass is 15.2. The van der Waals surface area contributed by atoms with Crippen molar-refractivity contribution in [3.8, 4) is 67.8 Å². The van der Waals surface area contributed by atoms with Crippen LogP contribution in [0.15, 0.2) is 176 Å². The van der Waals surface area contributed by atoms with Gasteiger partial charge in [-0.1, -0.05) is 164 Å². The van der Waals surface area contributed by atoms with Crippen LogP contribution >= 0.6 is 0 Å². The molecule has 0 unspecified atom stereocenters. The van der Waals surface area contributed by atoms with E-state index in [1.807, 2.05) is 72.8 Å². The zero-order valence-corrected chi connectivity index (χ0v) is 26.5. The Labute approximate surface area is 283 Å². The van der Waals surface area contributed by atoms with Crippen LogP contribution in [0, 0.1) is 0 Å². The van der Waals surface area contributed by atoms with Crippen molar-refractivity contribution in [1.82, 2.24) is 24.6 Å². The van der Waals surface area contributed by atoms with E-state index in [9.17, 15) is 0 Å². The second-order valence-corrected chi connectivity index (χ2v) is 12.0. The molecule has 0 bridgehead atoms. The minimum absolute atomic E-state index is 0.623. The molecule has 0 saturated carbocycles. The molecule has 0 aliphatic rings. The van der Waals surface area contributed by atoms with Crippen molar-refractivity contribution in [3.63, 3.8) is 0 Å². The minimum Gasteiger partial charge on any atom is -0.231 e. The van der Waals surface area contributed by atoms with Crippen molar-refractivity contribution in [2.45, 2.75) is 0 Å². The van der Waals surface area contributed by atoms with Gasteiger partial charge in [-0.25, -0.2) is 19.5 Å². The Balaban J connectivity index is 1.33. The predicted molar refractivity (Wildman–Crippen MR) is 199 cm³/mol. The molecule has 0 saturated heterocycles. The lowest BCUT2D eigenvalue weighted by Gasteiger charge is -2.12. The summed E-state index contributed by atoms with van der Waals surface area (Å²) in [6.07, 6.45) is 0. The van der Waals surface area contributed by atoms with E-state index in [1.165, 1.54) is 0 Å². The van der Waals surface area contributed by atoms with E-state index >= 15 is 0 Å². The van der Waals surface area contributed by atoms with Gasteiger partial charge in [0.1, 0.15) is 5.69 Å². The fourth-order valence-corrected chi connectivity index (χ4v) is 6.52. The highest BCUT2D eigenvalue weighted by molar-refractivity contribution is 6.09. The van der Waals surface area contributed by atoms with Crippen LogP contribution in [0.2, 0.25) is 0 Å². The Hall–Kier alpha value is -6.72. The van der Waals surface area contributed by atoms with E-state index in [0.29, 0.717) is 17.5 Å². The number of aromatic nitrogens is 5. The van der Waals surface area contributed by atoms with Crippen LogP contribution < -0.4 is 0 Å². The third-order valence-corrected chi connectivity index (χ3v) is 8.85. The zero-order valence-electron chi connectivity index (χ0n) is 26.5. The molecule has 0 aliphatic heterocycles. The monoisotopic (exact) mass is 627 g/mol. The molecule has 230 valence electrons. The molecule has 0 N–H and O–H groups in total. The standard InChI is InChI=1S/C44H29N5/c1-6-16-30(17-7-1)38-29-36-28-35(44-46-42(33-22-12-4-13-23-33)45-43(47-44)34-24-14-5-15-25-34)26-27-37(36)41-39(31-18-8-2-9-19-31)40(48-49(38)41)32-20-10-3-11-21-32/h1-29H. The minimum atomic E-state index is 0.623. The smallest absolute Gasteiger partial charge is 0.164 e. The Kier molecular flexibility index (Phi) is 7.06. The first-order chi connectivity index (χ1) is 24.3. The first-order valence-corrected chi connectivity index (χ1v) is 16.3. The quantitative estimate of drug-likeness (QED) is 0.184. The van der Waals surface area contributed by atoms with Gasteiger partial charge in [-0.15, -0.1) is 0 Å². The maximum atomic E-state index is 5.34. The molecule has 0 atom stereocenters. The molecule has 5 nitrogen and oxygen atoms in total. The van der Waals surface area contributed by atoms with Crippen LogP contribution in [0.25, 0.3) is 84.1 Å². The molecular weight excluding hydrogens is 599 g/mol. The first kappa shape index (κ1) is 28.5. The van der Waals surface area contributed by atoms with Crippen LogP contribution in [-0.2, 0) is 0 Å². The summed E-state index contributed by atoms with van der Waals surface area (Å²) in [6.45, 7) is 0. The number of rotatable bonds is 6. The van der Waals surface area contributed by atoms with Crippen LogP contribution in [0.3, 0.4) is 0 Å². The summed E-state index contributed by atoms with van der Waals surface area (Å²) in [4.78, 5) is 14.9. The summed E-state index contributed by atoms with van der Waals surface area (Å²) in [6, 6.07) is 60.4. The van der Waals surface area contributed by atoms with Crippen molar-refractivity contribution in [3.05, 3.63) is 176 Å². The van der Waals surface area contributed by atoms with Crippen LogP contribution in [0.5, 0.6) is 0 Å². The van der Waals surface area contributed by atoms with Gasteiger partial charge in [0.25, 0.3) is 0 Å². The Morgan fingerprint density at radius 1 is 0.367 bits per heavy atom. The largest absolute Gasteiger partial charge is 0.231 e. The fourth-order valence-electron chi connectivity index (χ4n) is 6.52. The molecule has 0 aliphatic carbocycles. The third kappa shape index (κ3) is 5.24. The maximum Gasteiger partial charge on any atom is 0.164 e. The molecule has 0 radical (unpaired) electrons. The summed E-state index contributed by atoms with van der Waals surface area (Å²) < 4.78 is 2.12. The van der Waals surface area contributed by atoms with E-state index in [0.717, 1.165) is 66.6 Å². The SMILES string of the molecule is c1ccc(-c2nc(-c3ccccc3)nc(-c3ccc4c(c3)cc(-c3ccccc3)n3nc(-c5ccccc5)c(-c5ccccc5)c43)n2)cc1. The third-order valence-electron chi connectivity index (χ3n) is 8.85. The van der Waals surface area contributed by atoms with Crippen molar-refractivity contribution >= 4 is 16.3 Å². The van der Waals surface area contributed by atoms with Crippen molar-refractivity contribution in [2.75, 3.05) is 0 Å². The fraction of sp³-hybridized carbons (Fsp3) is 0. The average Bonchev–Trinajstić information content (AvgIpc) is 3.60. The lowest BCUT2D eigenvalue weighted by molar-refractivity contribution is 0.979. The van der Waals surface area contributed by atoms with Crippen molar-refractivity contribution in [1.29, 1.82) is 0 Å². The molecule has 0 fully saturated rings. The topological polar surface area (TPSA) is 56.0 Å². The van der Waals surface area contributed by atoms with Gasteiger partial charge in [-0.3, -0.25) is 0 Å². The lowest BCUT2D eigenvalue weighted by Crippen LogP contribution is -2.00. The molecule has 0 amide bonds. The average molecular weight is 628 g/mol. The number of nitrogens with zero attached hydrogens (tertiary/aromatic N) is 5. The number of benzene rings is 6. The molecule has 6 aromatic carbocycles. The molecule has 49 heavy (non-hydrogen) atoms. The number of hydrogen-bond donors (Lipinski definition) is 0. The summed E-state index contributed by atoms with van der Waals surface area (Å²) in [5.41, 5.74) is 10.2. The lowest BCUT2D eigenvalue weighted by atomic mass is 9.96. The van der Waals surface area contributed by atoms with E-state index < -0.39 is 0 Å². The summed E-state index contributed by atoms with van der Waals surface area (Å²) in [5.74, 6) is 1.90.